The Morgan fingerprint density at radius 2 is 2.10 bits per heavy atom. The number of aromatic nitrogens is 4. The second-order valence-electron chi connectivity index (χ2n) is 5.52. The largest absolute Gasteiger partial charge is 0.342 e. The third kappa shape index (κ3) is 5.28. The number of carbonyl (C=O) groups excluding carboxylic acids is 1. The molecule has 0 unspecified atom stereocenters. The van der Waals surface area contributed by atoms with Crippen molar-refractivity contribution in [3.63, 3.8) is 0 Å². The molecule has 118 valence electrons. The highest BCUT2D eigenvalue weighted by atomic mass is 32.2. The molecule has 1 aromatic heterocycles. The van der Waals surface area contributed by atoms with Crippen LogP contribution in [0, 0.1) is 0 Å². The standard InChI is InChI=1S/C13H24N6OS/c1-11(2)14-6-9-19-13(15-16-17-19)21-10-12(20)18-7-4-3-5-8-18/h11,14H,3-10H2,1-2H3. The number of tetrazole rings is 1. The highest BCUT2D eigenvalue weighted by molar-refractivity contribution is 7.99. The lowest BCUT2D eigenvalue weighted by molar-refractivity contribution is -0.129. The molecule has 7 nitrogen and oxygen atoms in total. The van der Waals surface area contributed by atoms with Crippen LogP contribution >= 0.6 is 11.8 Å². The van der Waals surface area contributed by atoms with Crippen LogP contribution in [-0.2, 0) is 11.3 Å². The van der Waals surface area contributed by atoms with Gasteiger partial charge in [0, 0.05) is 25.7 Å². The number of piperidine rings is 1. The maximum atomic E-state index is 12.1. The Hall–Kier alpha value is -1.15. The summed E-state index contributed by atoms with van der Waals surface area (Å²) in [4.78, 5) is 14.1. The monoisotopic (exact) mass is 312 g/mol. The number of nitrogens with one attached hydrogen (secondary N) is 1. The van der Waals surface area contributed by atoms with Gasteiger partial charge >= 0.3 is 0 Å². The first-order valence-electron chi connectivity index (χ1n) is 7.57. The molecule has 0 atom stereocenters. The van der Waals surface area contributed by atoms with Gasteiger partial charge in [0.1, 0.15) is 0 Å². The van der Waals surface area contributed by atoms with Crippen molar-refractivity contribution in [1.82, 2.24) is 30.4 Å². The molecule has 0 saturated carbocycles. The van der Waals surface area contributed by atoms with E-state index in [4.69, 9.17) is 0 Å². The SMILES string of the molecule is CC(C)NCCn1nnnc1SCC(=O)N1CCCCC1. The molecule has 0 aliphatic carbocycles. The van der Waals surface area contributed by atoms with E-state index >= 15 is 0 Å². The van der Waals surface area contributed by atoms with Crippen molar-refractivity contribution in [1.29, 1.82) is 0 Å². The zero-order valence-electron chi connectivity index (χ0n) is 12.8. The highest BCUT2D eigenvalue weighted by Crippen LogP contribution is 2.16. The Labute approximate surface area is 129 Å². The second-order valence-corrected chi connectivity index (χ2v) is 6.47. The maximum Gasteiger partial charge on any atom is 0.233 e. The van der Waals surface area contributed by atoms with Gasteiger partial charge in [-0.15, -0.1) is 5.10 Å². The molecule has 0 spiro atoms. The van der Waals surface area contributed by atoms with Crippen LogP contribution < -0.4 is 5.32 Å². The Balaban J connectivity index is 1.77. The molecule has 0 bridgehead atoms. The minimum absolute atomic E-state index is 0.189. The van der Waals surface area contributed by atoms with Crippen molar-refractivity contribution in [3.05, 3.63) is 0 Å². The van der Waals surface area contributed by atoms with Crippen LogP contribution in [0.25, 0.3) is 0 Å². The average molecular weight is 312 g/mol. The smallest absolute Gasteiger partial charge is 0.233 e. The van der Waals surface area contributed by atoms with Gasteiger partial charge in [0.05, 0.1) is 12.3 Å². The maximum absolute atomic E-state index is 12.1. The van der Waals surface area contributed by atoms with E-state index < -0.39 is 0 Å². The molecule has 0 aromatic carbocycles. The second kappa shape index (κ2) is 8.33. The van der Waals surface area contributed by atoms with Gasteiger partial charge in [-0.05, 0) is 29.7 Å². The summed E-state index contributed by atoms with van der Waals surface area (Å²) < 4.78 is 1.75. The van der Waals surface area contributed by atoms with Crippen LogP contribution in [-0.4, -0.2) is 62.4 Å². The third-order valence-corrected chi connectivity index (χ3v) is 4.35. The number of hydrogen-bond acceptors (Lipinski definition) is 6. The van der Waals surface area contributed by atoms with Crippen molar-refractivity contribution >= 4 is 17.7 Å². The lowest BCUT2D eigenvalue weighted by Gasteiger charge is -2.26. The van der Waals surface area contributed by atoms with E-state index in [9.17, 15) is 4.79 Å². The normalized spacial score (nSPS) is 15.7. The molecule has 1 saturated heterocycles. The number of rotatable bonds is 7. The first kappa shape index (κ1) is 16.2. The summed E-state index contributed by atoms with van der Waals surface area (Å²) in [7, 11) is 0. The molecule has 21 heavy (non-hydrogen) atoms. The van der Waals surface area contributed by atoms with Gasteiger partial charge in [0.2, 0.25) is 11.1 Å². The number of nitrogens with zero attached hydrogens (tertiary/aromatic N) is 5. The molecular formula is C13H24N6OS. The Morgan fingerprint density at radius 3 is 2.81 bits per heavy atom. The van der Waals surface area contributed by atoms with Crippen LogP contribution in [0.5, 0.6) is 0 Å². The fourth-order valence-corrected chi connectivity index (χ4v) is 3.07. The quantitative estimate of drug-likeness (QED) is 0.750. The summed E-state index contributed by atoms with van der Waals surface area (Å²) in [5, 5.41) is 15.7. The molecule has 2 rings (SSSR count). The predicted molar refractivity (Wildman–Crippen MR) is 82.1 cm³/mol. The predicted octanol–water partition coefficient (Wildman–Crippen LogP) is 0.776. The van der Waals surface area contributed by atoms with Crippen LogP contribution in [0.3, 0.4) is 0 Å². The minimum Gasteiger partial charge on any atom is -0.342 e. The van der Waals surface area contributed by atoms with Crippen molar-refractivity contribution in [3.8, 4) is 0 Å². The Kier molecular flexibility index (Phi) is 6.44. The van der Waals surface area contributed by atoms with E-state index in [0.717, 1.165) is 32.5 Å². The van der Waals surface area contributed by atoms with Gasteiger partial charge in [-0.2, -0.15) is 0 Å². The molecule has 1 fully saturated rings. The van der Waals surface area contributed by atoms with Crippen LogP contribution in [0.4, 0.5) is 0 Å². The summed E-state index contributed by atoms with van der Waals surface area (Å²) in [6, 6.07) is 0.443. The summed E-state index contributed by atoms with van der Waals surface area (Å²) in [5.41, 5.74) is 0. The fraction of sp³-hybridized carbons (Fsp3) is 0.846. The van der Waals surface area contributed by atoms with Crippen molar-refractivity contribution in [2.24, 2.45) is 0 Å². The number of hydrogen-bond donors (Lipinski definition) is 1. The van der Waals surface area contributed by atoms with Gasteiger partial charge < -0.3 is 10.2 Å². The van der Waals surface area contributed by atoms with Gasteiger partial charge in [-0.3, -0.25) is 4.79 Å². The topological polar surface area (TPSA) is 75.9 Å². The number of likely N-dealkylation sites (tertiary alicyclic amines) is 1. The third-order valence-electron chi connectivity index (χ3n) is 3.41. The first-order valence-corrected chi connectivity index (χ1v) is 8.55. The molecule has 1 aliphatic heterocycles. The summed E-state index contributed by atoms with van der Waals surface area (Å²) >= 11 is 1.42. The van der Waals surface area contributed by atoms with E-state index in [1.807, 2.05) is 4.90 Å². The van der Waals surface area contributed by atoms with Gasteiger partial charge in [-0.25, -0.2) is 4.68 Å². The van der Waals surface area contributed by atoms with E-state index in [1.54, 1.807) is 4.68 Å². The molecule has 1 aromatic rings. The number of amides is 1. The Bertz CT molecular complexity index is 444. The van der Waals surface area contributed by atoms with Crippen LogP contribution in [0.2, 0.25) is 0 Å². The van der Waals surface area contributed by atoms with Crippen LogP contribution in [0.1, 0.15) is 33.1 Å². The summed E-state index contributed by atoms with van der Waals surface area (Å²) in [6.45, 7) is 7.52. The molecule has 8 heteroatoms. The molecule has 1 N–H and O–H groups in total. The van der Waals surface area contributed by atoms with E-state index in [-0.39, 0.29) is 5.91 Å². The van der Waals surface area contributed by atoms with Crippen molar-refractivity contribution in [2.75, 3.05) is 25.4 Å². The zero-order valence-corrected chi connectivity index (χ0v) is 13.6. The number of carbonyl (C=O) groups is 1. The number of thioether (sulfide) groups is 1. The van der Waals surface area contributed by atoms with E-state index in [2.05, 4.69) is 34.7 Å². The van der Waals surface area contributed by atoms with Gasteiger partial charge in [0.25, 0.3) is 0 Å². The van der Waals surface area contributed by atoms with Gasteiger partial charge in [0.15, 0.2) is 0 Å². The van der Waals surface area contributed by atoms with Crippen molar-refractivity contribution in [2.45, 2.75) is 50.9 Å². The minimum atomic E-state index is 0.189. The molecular weight excluding hydrogens is 288 g/mol. The molecule has 2 heterocycles. The van der Waals surface area contributed by atoms with Crippen LogP contribution in [0.15, 0.2) is 5.16 Å². The molecule has 0 radical (unpaired) electrons. The summed E-state index contributed by atoms with van der Waals surface area (Å²) in [5.74, 6) is 0.604. The lowest BCUT2D eigenvalue weighted by Crippen LogP contribution is -2.36. The highest BCUT2D eigenvalue weighted by Gasteiger charge is 2.17. The molecule has 1 aliphatic rings. The van der Waals surface area contributed by atoms with E-state index in [1.165, 1.54) is 18.2 Å². The first-order chi connectivity index (χ1) is 10.2. The Morgan fingerprint density at radius 1 is 1.33 bits per heavy atom. The lowest BCUT2D eigenvalue weighted by atomic mass is 10.1. The van der Waals surface area contributed by atoms with Crippen molar-refractivity contribution < 1.29 is 4.79 Å². The van der Waals surface area contributed by atoms with E-state index in [0.29, 0.717) is 23.5 Å². The molecule has 1 amide bonds. The average Bonchev–Trinajstić information content (AvgIpc) is 2.93. The zero-order chi connectivity index (χ0) is 15.1. The fourth-order valence-electron chi connectivity index (χ4n) is 2.26. The summed E-state index contributed by atoms with van der Waals surface area (Å²) in [6.07, 6.45) is 3.47. The van der Waals surface area contributed by atoms with Gasteiger partial charge in [-0.1, -0.05) is 25.6 Å².